The SMILES string of the molecule is CCOC(=O)COc1cccc(/C=C/Cn2cc(C(c3ccccc3)c3ccccc3)ccc2=O)c1. The molecule has 0 unspecified atom stereocenters. The van der Waals surface area contributed by atoms with Gasteiger partial charge in [0.05, 0.1) is 6.61 Å². The van der Waals surface area contributed by atoms with Crippen molar-refractivity contribution in [3.8, 4) is 5.75 Å². The number of allylic oxidation sites excluding steroid dienone is 1. The normalized spacial score (nSPS) is 11.1. The number of carbonyl (C=O) groups excluding carboxylic acids is 1. The van der Waals surface area contributed by atoms with Gasteiger partial charge in [-0.2, -0.15) is 0 Å². The summed E-state index contributed by atoms with van der Waals surface area (Å²) in [7, 11) is 0. The van der Waals surface area contributed by atoms with Crippen molar-refractivity contribution in [2.45, 2.75) is 19.4 Å². The summed E-state index contributed by atoms with van der Waals surface area (Å²) in [6.45, 7) is 2.38. The predicted octanol–water partition coefficient (Wildman–Crippen LogP) is 5.68. The molecule has 0 atom stereocenters. The maximum Gasteiger partial charge on any atom is 0.344 e. The first-order chi connectivity index (χ1) is 17.6. The number of benzene rings is 3. The van der Waals surface area contributed by atoms with Gasteiger partial charge in [-0.3, -0.25) is 4.79 Å². The Morgan fingerprint density at radius 1 is 0.861 bits per heavy atom. The highest BCUT2D eigenvalue weighted by molar-refractivity contribution is 5.71. The van der Waals surface area contributed by atoms with Crippen LogP contribution in [-0.2, 0) is 16.1 Å². The smallest absolute Gasteiger partial charge is 0.344 e. The van der Waals surface area contributed by atoms with Crippen LogP contribution in [0.2, 0.25) is 0 Å². The van der Waals surface area contributed by atoms with E-state index in [0.29, 0.717) is 18.9 Å². The molecule has 0 amide bonds. The van der Waals surface area contributed by atoms with E-state index in [4.69, 9.17) is 9.47 Å². The van der Waals surface area contributed by atoms with Crippen LogP contribution in [0, 0.1) is 0 Å². The van der Waals surface area contributed by atoms with E-state index in [2.05, 4.69) is 24.3 Å². The van der Waals surface area contributed by atoms with Gasteiger partial charge in [-0.15, -0.1) is 0 Å². The number of pyridine rings is 1. The van der Waals surface area contributed by atoms with Crippen LogP contribution in [0.1, 0.15) is 35.1 Å². The van der Waals surface area contributed by atoms with Gasteiger partial charge in [0.1, 0.15) is 5.75 Å². The first-order valence-corrected chi connectivity index (χ1v) is 12.0. The molecule has 0 N–H and O–H groups in total. The molecule has 0 saturated carbocycles. The zero-order valence-corrected chi connectivity index (χ0v) is 20.2. The topological polar surface area (TPSA) is 57.5 Å². The van der Waals surface area contributed by atoms with Crippen molar-refractivity contribution in [1.29, 1.82) is 0 Å². The number of rotatable bonds is 10. The quantitative estimate of drug-likeness (QED) is 0.275. The van der Waals surface area contributed by atoms with Gasteiger partial charge in [-0.1, -0.05) is 91.0 Å². The van der Waals surface area contributed by atoms with Crippen molar-refractivity contribution < 1.29 is 14.3 Å². The molecule has 36 heavy (non-hydrogen) atoms. The van der Waals surface area contributed by atoms with Gasteiger partial charge in [0.25, 0.3) is 5.56 Å². The molecule has 0 radical (unpaired) electrons. The summed E-state index contributed by atoms with van der Waals surface area (Å²) in [5.41, 5.74) is 4.24. The van der Waals surface area contributed by atoms with Gasteiger partial charge in [0.15, 0.2) is 6.61 Å². The lowest BCUT2D eigenvalue weighted by Crippen LogP contribution is -2.19. The van der Waals surface area contributed by atoms with E-state index in [1.165, 1.54) is 11.1 Å². The third-order valence-electron chi connectivity index (χ3n) is 5.74. The Labute approximate surface area is 211 Å². The largest absolute Gasteiger partial charge is 0.482 e. The van der Waals surface area contributed by atoms with Crippen molar-refractivity contribution in [3.05, 3.63) is 142 Å². The monoisotopic (exact) mass is 479 g/mol. The molecule has 0 aliphatic carbocycles. The van der Waals surface area contributed by atoms with Gasteiger partial charge in [0, 0.05) is 24.7 Å². The number of carbonyl (C=O) groups is 1. The number of hydrogen-bond donors (Lipinski definition) is 0. The van der Waals surface area contributed by atoms with Crippen molar-refractivity contribution in [1.82, 2.24) is 4.57 Å². The van der Waals surface area contributed by atoms with Gasteiger partial charge in [-0.25, -0.2) is 4.79 Å². The Kier molecular flexibility index (Phi) is 8.49. The highest BCUT2D eigenvalue weighted by atomic mass is 16.6. The Bertz CT molecular complexity index is 1320. The van der Waals surface area contributed by atoms with Gasteiger partial charge < -0.3 is 14.0 Å². The fraction of sp³-hybridized carbons (Fsp3) is 0.161. The molecule has 5 nitrogen and oxygen atoms in total. The Hall–Kier alpha value is -4.38. The van der Waals surface area contributed by atoms with E-state index in [1.807, 2.05) is 79.0 Å². The average Bonchev–Trinajstić information content (AvgIpc) is 2.91. The Balaban J connectivity index is 1.52. The van der Waals surface area contributed by atoms with Crippen LogP contribution in [0.4, 0.5) is 0 Å². The van der Waals surface area contributed by atoms with Crippen molar-refractivity contribution in [2.75, 3.05) is 13.2 Å². The van der Waals surface area contributed by atoms with E-state index in [9.17, 15) is 9.59 Å². The van der Waals surface area contributed by atoms with Crippen LogP contribution in [0.3, 0.4) is 0 Å². The van der Waals surface area contributed by atoms with Crippen molar-refractivity contribution in [2.24, 2.45) is 0 Å². The first kappa shape index (κ1) is 24.7. The average molecular weight is 480 g/mol. The van der Waals surface area contributed by atoms with E-state index in [1.54, 1.807) is 23.6 Å². The van der Waals surface area contributed by atoms with Crippen LogP contribution in [0.5, 0.6) is 5.75 Å². The second kappa shape index (κ2) is 12.4. The summed E-state index contributed by atoms with van der Waals surface area (Å²) in [6, 6.07) is 31.6. The zero-order valence-electron chi connectivity index (χ0n) is 20.2. The molecule has 4 rings (SSSR count). The second-order valence-electron chi connectivity index (χ2n) is 8.28. The van der Waals surface area contributed by atoms with Gasteiger partial charge in [0.2, 0.25) is 0 Å². The van der Waals surface area contributed by atoms with E-state index >= 15 is 0 Å². The summed E-state index contributed by atoms with van der Waals surface area (Å²) in [4.78, 5) is 24.2. The third-order valence-corrected chi connectivity index (χ3v) is 5.74. The molecular formula is C31H29NO4. The zero-order chi connectivity index (χ0) is 25.2. The number of esters is 1. The highest BCUT2D eigenvalue weighted by Gasteiger charge is 2.17. The number of hydrogen-bond acceptors (Lipinski definition) is 4. The number of aromatic nitrogens is 1. The molecule has 1 heterocycles. The lowest BCUT2D eigenvalue weighted by Gasteiger charge is -2.19. The highest BCUT2D eigenvalue weighted by Crippen LogP contribution is 2.31. The third kappa shape index (κ3) is 6.60. The first-order valence-electron chi connectivity index (χ1n) is 12.0. The summed E-state index contributed by atoms with van der Waals surface area (Å²) in [6.07, 6.45) is 5.81. The standard InChI is InChI=1S/C31H29NO4/c1-2-35-30(34)23-36-28-17-9-11-24(21-28)12-10-20-32-22-27(18-19-29(32)33)31(25-13-5-3-6-14-25)26-15-7-4-8-16-26/h3-19,21-22,31H,2,20,23H2,1H3/b12-10+. The van der Waals surface area contributed by atoms with Crippen LogP contribution < -0.4 is 10.3 Å². The lowest BCUT2D eigenvalue weighted by atomic mass is 9.86. The second-order valence-corrected chi connectivity index (χ2v) is 8.28. The maximum atomic E-state index is 12.6. The minimum atomic E-state index is -0.401. The molecule has 0 spiro atoms. The number of ether oxygens (including phenoxy) is 2. The molecule has 0 saturated heterocycles. The van der Waals surface area contributed by atoms with Crippen molar-refractivity contribution in [3.63, 3.8) is 0 Å². The molecule has 0 aliphatic heterocycles. The van der Waals surface area contributed by atoms with Gasteiger partial charge in [-0.05, 0) is 41.3 Å². The van der Waals surface area contributed by atoms with E-state index in [0.717, 1.165) is 11.1 Å². The summed E-state index contributed by atoms with van der Waals surface area (Å²) >= 11 is 0. The van der Waals surface area contributed by atoms with Crippen LogP contribution >= 0.6 is 0 Å². The molecule has 182 valence electrons. The predicted molar refractivity (Wildman–Crippen MR) is 142 cm³/mol. The van der Waals surface area contributed by atoms with Crippen LogP contribution in [0.25, 0.3) is 6.08 Å². The molecule has 0 aliphatic rings. The molecule has 3 aromatic carbocycles. The lowest BCUT2D eigenvalue weighted by molar-refractivity contribution is -0.145. The maximum absolute atomic E-state index is 12.6. The minimum absolute atomic E-state index is 0.0245. The minimum Gasteiger partial charge on any atom is -0.482 e. The van der Waals surface area contributed by atoms with E-state index in [-0.39, 0.29) is 18.1 Å². The molecule has 0 fully saturated rings. The van der Waals surface area contributed by atoms with Gasteiger partial charge >= 0.3 is 5.97 Å². The van der Waals surface area contributed by atoms with E-state index < -0.39 is 5.97 Å². The molecule has 5 heteroatoms. The van der Waals surface area contributed by atoms with Crippen molar-refractivity contribution >= 4 is 12.0 Å². The molecule has 1 aromatic heterocycles. The Morgan fingerprint density at radius 2 is 1.56 bits per heavy atom. The summed E-state index contributed by atoms with van der Waals surface area (Å²) in [5.74, 6) is 0.205. The molecule has 4 aromatic rings. The van der Waals surface area contributed by atoms with Crippen LogP contribution in [0.15, 0.2) is 114 Å². The fourth-order valence-electron chi connectivity index (χ4n) is 4.09. The summed E-state index contributed by atoms with van der Waals surface area (Å²) < 4.78 is 12.1. The Morgan fingerprint density at radius 3 is 2.22 bits per heavy atom. The fourth-order valence-corrected chi connectivity index (χ4v) is 4.09. The van der Waals surface area contributed by atoms with Crippen LogP contribution in [-0.4, -0.2) is 23.8 Å². The molecular weight excluding hydrogens is 450 g/mol. The molecule has 0 bridgehead atoms. The summed E-state index contributed by atoms with van der Waals surface area (Å²) in [5, 5.41) is 0. The number of nitrogens with zero attached hydrogens (tertiary/aromatic N) is 1.